The lowest BCUT2D eigenvalue weighted by molar-refractivity contribution is 0.0710. The first kappa shape index (κ1) is 57.5. The SMILES string of the molecule is C.C.CC(C)(C)CC(O)COc1ccc(C(C)(C)C)cc1.CC(C)(C)c1ccc(OCC2CO2)cc1.CNCCC[Si](C)(C)O[Si](C)(C)O[Si](C)(C)CCCCN.[HH]. The van der Waals surface area contributed by atoms with Gasteiger partial charge in [-0.3, -0.25) is 0 Å². The number of hydrogen-bond donors (Lipinski definition) is 3. The van der Waals surface area contributed by atoms with Crippen LogP contribution in [0.25, 0.3) is 0 Å². The van der Waals surface area contributed by atoms with Crippen molar-refractivity contribution in [3.8, 4) is 11.5 Å². The van der Waals surface area contributed by atoms with Crippen LogP contribution in [-0.2, 0) is 23.8 Å². The van der Waals surface area contributed by atoms with E-state index in [1.165, 1.54) is 36.1 Å². The Morgan fingerprint density at radius 2 is 1.16 bits per heavy atom. The predicted octanol–water partition coefficient (Wildman–Crippen LogP) is 11.9. The molecule has 1 heterocycles. The second kappa shape index (κ2) is 25.9. The van der Waals surface area contributed by atoms with Crippen LogP contribution in [0, 0.1) is 5.41 Å². The van der Waals surface area contributed by atoms with Crippen molar-refractivity contribution in [1.29, 1.82) is 0 Å². The molecular weight excluding hydrogens is 761 g/mol. The largest absolute Gasteiger partial charge is 0.491 e. The van der Waals surface area contributed by atoms with Crippen molar-refractivity contribution in [3.63, 3.8) is 0 Å². The van der Waals surface area contributed by atoms with Gasteiger partial charge in [0, 0.05) is 1.43 Å². The Bertz CT molecular complexity index is 1300. The van der Waals surface area contributed by atoms with Gasteiger partial charge >= 0.3 is 8.56 Å². The van der Waals surface area contributed by atoms with Gasteiger partial charge in [0.15, 0.2) is 16.6 Å². The molecule has 2 atom stereocenters. The zero-order chi connectivity index (χ0) is 42.1. The average molecular weight is 856 g/mol. The maximum Gasteiger partial charge on any atom is 0.311 e. The van der Waals surface area contributed by atoms with Gasteiger partial charge in [-0.05, 0) is 142 Å². The van der Waals surface area contributed by atoms with E-state index in [1.807, 2.05) is 31.3 Å². The topological polar surface area (TPSA) is 108 Å². The summed E-state index contributed by atoms with van der Waals surface area (Å²) in [5.74, 6) is 1.75. The summed E-state index contributed by atoms with van der Waals surface area (Å²) in [7, 11) is -3.25. The van der Waals surface area contributed by atoms with Gasteiger partial charge in [0.1, 0.15) is 30.8 Å². The monoisotopic (exact) mass is 855 g/mol. The van der Waals surface area contributed by atoms with Crippen LogP contribution < -0.4 is 20.5 Å². The molecule has 0 amide bonds. The lowest BCUT2D eigenvalue weighted by Gasteiger charge is -2.38. The zero-order valence-corrected chi connectivity index (χ0v) is 41.1. The molecule has 57 heavy (non-hydrogen) atoms. The Hall–Kier alpha value is -1.55. The molecule has 2 aromatic rings. The van der Waals surface area contributed by atoms with Gasteiger partial charge in [-0.1, -0.05) is 108 Å². The predicted molar refractivity (Wildman–Crippen MR) is 258 cm³/mol. The number of epoxide rings is 1. The quantitative estimate of drug-likeness (QED) is 0.0728. The Balaban J connectivity index is -0.000000770. The van der Waals surface area contributed by atoms with Crippen LogP contribution in [0.1, 0.15) is 115 Å². The third-order valence-corrected chi connectivity index (χ3v) is 20.5. The minimum atomic E-state index is -2.02. The fourth-order valence-corrected chi connectivity index (χ4v) is 20.4. The van der Waals surface area contributed by atoms with Gasteiger partial charge < -0.3 is 38.6 Å². The van der Waals surface area contributed by atoms with Crippen molar-refractivity contribution < 1.29 is 29.0 Å². The van der Waals surface area contributed by atoms with Crippen LogP contribution in [0.4, 0.5) is 0 Å². The molecule has 0 aromatic heterocycles. The molecule has 336 valence electrons. The summed E-state index contributed by atoms with van der Waals surface area (Å²) < 4.78 is 29.4. The van der Waals surface area contributed by atoms with Gasteiger partial charge in [-0.25, -0.2) is 0 Å². The number of hydrogen-bond acceptors (Lipinski definition) is 8. The van der Waals surface area contributed by atoms with Gasteiger partial charge in [0.05, 0.1) is 12.7 Å². The number of nitrogens with one attached hydrogen (secondary N) is 1. The molecule has 0 aliphatic carbocycles. The molecule has 11 heteroatoms. The number of ether oxygens (including phenoxy) is 3. The van der Waals surface area contributed by atoms with Gasteiger partial charge in [-0.15, -0.1) is 0 Å². The Labute approximate surface area is 357 Å². The van der Waals surface area contributed by atoms with E-state index >= 15 is 0 Å². The third kappa shape index (κ3) is 28.5. The van der Waals surface area contributed by atoms with Gasteiger partial charge in [0.2, 0.25) is 0 Å². The minimum absolute atomic E-state index is 0. The number of benzene rings is 2. The number of unbranched alkanes of at least 4 members (excludes halogenated alkanes) is 1. The summed E-state index contributed by atoms with van der Waals surface area (Å²) in [5, 5.41) is 13.1. The van der Waals surface area contributed by atoms with Crippen molar-refractivity contribution in [1.82, 2.24) is 5.32 Å². The molecule has 0 bridgehead atoms. The van der Waals surface area contributed by atoms with Crippen molar-refractivity contribution in [2.45, 2.75) is 177 Å². The summed E-state index contributed by atoms with van der Waals surface area (Å²) >= 11 is 0. The summed E-state index contributed by atoms with van der Waals surface area (Å²) in [5.41, 5.74) is 8.69. The average Bonchev–Trinajstić information content (AvgIpc) is 3.86. The van der Waals surface area contributed by atoms with Crippen molar-refractivity contribution >= 4 is 25.2 Å². The number of aliphatic hydroxyl groups excluding tert-OH is 1. The molecule has 2 unspecified atom stereocenters. The highest BCUT2D eigenvalue weighted by Crippen LogP contribution is 2.28. The van der Waals surface area contributed by atoms with E-state index in [0.717, 1.165) is 44.0 Å². The van der Waals surface area contributed by atoms with Crippen molar-refractivity contribution in [2.75, 3.05) is 40.0 Å². The van der Waals surface area contributed by atoms with E-state index in [-0.39, 0.29) is 32.5 Å². The standard InChI is InChI=1S/C17H28O2.C14H38N2O2Si3.C13H18O2.2CH4.H2/c1-16(2,3)11-14(18)12-19-15-9-7-13(8-10-15)17(4,5)6;1-16-12-10-14-20(4,5)18-21(6,7)17-19(2,3)13-9-8-11-15;1-13(2,3)10-4-6-11(7-5-10)14-8-12-9-15-12;;;/h7-10,14,18H,11-12H2,1-6H3;16H,8-15H2,1-7H3;4-7,12H,8-9H2,1-3H3;2*1H4;1H. The molecule has 8 nitrogen and oxygen atoms in total. The molecule has 0 spiro atoms. The summed E-state index contributed by atoms with van der Waals surface area (Å²) in [6.45, 7) is 37.0. The first-order chi connectivity index (χ1) is 25.2. The molecular formula is C46H94N2O6Si3. The van der Waals surface area contributed by atoms with Crippen LogP contribution in [0.2, 0.25) is 51.4 Å². The van der Waals surface area contributed by atoms with Crippen LogP contribution in [-0.4, -0.2) is 82.5 Å². The van der Waals surface area contributed by atoms with Crippen LogP contribution >= 0.6 is 0 Å². The lowest BCUT2D eigenvalue weighted by atomic mass is 9.87. The fraction of sp³-hybridized carbons (Fsp3) is 0.739. The summed E-state index contributed by atoms with van der Waals surface area (Å²) in [4.78, 5) is 0. The van der Waals surface area contributed by atoms with E-state index in [4.69, 9.17) is 28.2 Å². The van der Waals surface area contributed by atoms with E-state index in [9.17, 15) is 5.11 Å². The molecule has 3 rings (SSSR count). The fourth-order valence-electron chi connectivity index (χ4n) is 6.25. The minimum Gasteiger partial charge on any atom is -0.491 e. The number of aliphatic hydroxyl groups is 1. The van der Waals surface area contributed by atoms with Crippen molar-refractivity contribution in [2.24, 2.45) is 11.1 Å². The van der Waals surface area contributed by atoms with E-state index in [2.05, 4.69) is 131 Å². The Kier molecular flexibility index (Phi) is 26.2. The van der Waals surface area contributed by atoms with Gasteiger partial charge in [0.25, 0.3) is 0 Å². The molecule has 1 aliphatic rings. The molecule has 1 fully saturated rings. The third-order valence-electron chi connectivity index (χ3n) is 9.05. The van der Waals surface area contributed by atoms with Gasteiger partial charge in [-0.2, -0.15) is 0 Å². The van der Waals surface area contributed by atoms with Crippen LogP contribution in [0.15, 0.2) is 48.5 Å². The van der Waals surface area contributed by atoms with E-state index in [1.54, 1.807) is 0 Å². The summed E-state index contributed by atoms with van der Waals surface area (Å²) in [6.07, 6.45) is 4.13. The normalized spacial score (nSPS) is 15.1. The number of rotatable bonds is 19. The lowest BCUT2D eigenvalue weighted by Crippen LogP contribution is -2.52. The second-order valence-corrected chi connectivity index (χ2v) is 32.6. The van der Waals surface area contributed by atoms with Crippen molar-refractivity contribution in [3.05, 3.63) is 59.7 Å². The maximum absolute atomic E-state index is 9.90. The highest BCUT2D eigenvalue weighted by molar-refractivity contribution is 6.87. The summed E-state index contributed by atoms with van der Waals surface area (Å²) in [6, 6.07) is 18.8. The smallest absolute Gasteiger partial charge is 0.311 e. The maximum atomic E-state index is 9.90. The molecule has 1 saturated heterocycles. The highest BCUT2D eigenvalue weighted by atomic mass is 28.5. The highest BCUT2D eigenvalue weighted by Gasteiger charge is 2.39. The first-order valence-electron chi connectivity index (χ1n) is 20.7. The van der Waals surface area contributed by atoms with E-state index in [0.29, 0.717) is 19.3 Å². The molecule has 0 radical (unpaired) electrons. The van der Waals surface area contributed by atoms with Crippen LogP contribution in [0.5, 0.6) is 11.5 Å². The molecule has 1 aliphatic heterocycles. The Morgan fingerprint density at radius 3 is 1.53 bits per heavy atom. The second-order valence-electron chi connectivity index (χ2n) is 20.1. The van der Waals surface area contributed by atoms with Crippen LogP contribution in [0.3, 0.4) is 0 Å². The number of nitrogens with two attached hydrogens (primary N) is 1. The Morgan fingerprint density at radius 1 is 0.737 bits per heavy atom. The molecule has 0 saturated carbocycles. The first-order valence-corrected chi connectivity index (χ1v) is 29.7. The molecule has 4 N–H and O–H groups in total. The van der Waals surface area contributed by atoms with E-state index < -0.39 is 31.3 Å². The molecule has 2 aromatic carbocycles. The zero-order valence-electron chi connectivity index (χ0n) is 38.1.